The summed E-state index contributed by atoms with van der Waals surface area (Å²) in [4.78, 5) is 37.3. The van der Waals surface area contributed by atoms with Gasteiger partial charge in [-0.2, -0.15) is 5.26 Å². The Balaban J connectivity index is 1.46. The molecule has 1 unspecified atom stereocenters. The lowest BCUT2D eigenvalue weighted by Crippen LogP contribution is -2.55. The van der Waals surface area contributed by atoms with Crippen LogP contribution in [0.5, 0.6) is 0 Å². The molecule has 3 aliphatic rings. The number of carbonyl (C=O) groups excluding carboxylic acids is 1. The Morgan fingerprint density at radius 1 is 1.25 bits per heavy atom. The molecule has 2 aromatic rings. The number of hydrogen-bond acceptors (Lipinski definition) is 8. The number of anilines is 2. The third-order valence-corrected chi connectivity index (χ3v) is 7.60. The van der Waals surface area contributed by atoms with Gasteiger partial charge in [-0.15, -0.1) is 0 Å². The van der Waals surface area contributed by atoms with E-state index in [1.807, 2.05) is 24.0 Å². The highest BCUT2D eigenvalue weighted by atomic mass is 16.2. The van der Waals surface area contributed by atoms with Crippen LogP contribution in [0.1, 0.15) is 49.2 Å². The van der Waals surface area contributed by atoms with Gasteiger partial charge in [-0.3, -0.25) is 9.78 Å². The monoisotopic (exact) mass is 482 g/mol. The largest absolute Gasteiger partial charge is 0.352 e. The van der Waals surface area contributed by atoms with Crippen LogP contribution >= 0.6 is 0 Å². The molecule has 9 heteroatoms. The summed E-state index contributed by atoms with van der Waals surface area (Å²) in [5.41, 5.74) is 2.12. The van der Waals surface area contributed by atoms with Crippen LogP contribution in [0.3, 0.4) is 0 Å². The molecule has 36 heavy (non-hydrogen) atoms. The van der Waals surface area contributed by atoms with Gasteiger partial charge in [0.15, 0.2) is 0 Å². The number of aromatic nitrogens is 3. The van der Waals surface area contributed by atoms with E-state index in [-0.39, 0.29) is 17.4 Å². The van der Waals surface area contributed by atoms with E-state index in [2.05, 4.69) is 44.5 Å². The van der Waals surface area contributed by atoms with Gasteiger partial charge in [0.2, 0.25) is 0 Å². The minimum atomic E-state index is -0.0404. The molecule has 2 fully saturated rings. The molecule has 1 amide bonds. The van der Waals surface area contributed by atoms with Crippen molar-refractivity contribution >= 4 is 24.3 Å². The molecule has 1 spiro atoms. The molecule has 5 rings (SSSR count). The van der Waals surface area contributed by atoms with E-state index in [0.717, 1.165) is 43.0 Å². The normalized spacial score (nSPS) is 21.1. The van der Waals surface area contributed by atoms with Gasteiger partial charge in [0.25, 0.3) is 5.91 Å². The van der Waals surface area contributed by atoms with Gasteiger partial charge < -0.3 is 14.7 Å². The average molecular weight is 483 g/mol. The average Bonchev–Trinajstić information content (AvgIpc) is 3.26. The van der Waals surface area contributed by atoms with Crippen molar-refractivity contribution in [2.75, 3.05) is 36.0 Å². The first-order valence-electron chi connectivity index (χ1n) is 12.4. The molecule has 0 radical (unpaired) electrons. The molecular weight excluding hydrogens is 452 g/mol. The van der Waals surface area contributed by atoms with Crippen molar-refractivity contribution in [1.29, 1.82) is 5.26 Å². The Kier molecular flexibility index (Phi) is 6.27. The zero-order valence-electron chi connectivity index (χ0n) is 20.8. The lowest BCUT2D eigenvalue weighted by molar-refractivity contribution is 0.0667. The molecule has 0 bridgehead atoms. The number of nitrogens with zero attached hydrogens (tertiary/aromatic N) is 8. The second-order valence-corrected chi connectivity index (χ2v) is 9.64. The van der Waals surface area contributed by atoms with Gasteiger partial charge in [-0.1, -0.05) is 18.6 Å². The van der Waals surface area contributed by atoms with Crippen LogP contribution < -0.4 is 9.80 Å². The van der Waals surface area contributed by atoms with Crippen molar-refractivity contribution < 1.29 is 4.79 Å². The molecule has 2 aromatic heterocycles. The predicted octanol–water partition coefficient (Wildman–Crippen LogP) is 3.48. The number of aliphatic imine (C=N–C) groups is 1. The molecule has 0 aromatic carbocycles. The number of amides is 1. The number of pyridine rings is 1. The minimum Gasteiger partial charge on any atom is -0.352 e. The number of allylic oxidation sites excluding steroid dienone is 3. The van der Waals surface area contributed by atoms with Crippen molar-refractivity contribution in [3.8, 4) is 6.07 Å². The standard InChI is InChI=1S/C27H30N8O/c1-4-20(15-28)14-22(29-3)35-17-27(9-7-10-27)23-24(31-18-32-25(23)35)33-12-13-34(19(2)16-33)26(36)21-8-5-6-11-30-21/h4-6,8,11,14,18-19H,3,7,9-10,12-13,16-17H2,1-2H3/b20-4+,22-14+. The molecule has 1 aliphatic carbocycles. The zero-order valence-corrected chi connectivity index (χ0v) is 20.8. The van der Waals surface area contributed by atoms with E-state index < -0.39 is 0 Å². The first kappa shape index (κ1) is 23.7. The molecule has 0 N–H and O–H groups in total. The van der Waals surface area contributed by atoms with Crippen molar-refractivity contribution in [3.05, 3.63) is 65.5 Å². The third kappa shape index (κ3) is 3.92. The SMILES string of the molecule is C=N/C(=C\C(C#N)=C/C)N1CC2(CCC2)c2c(N3CCN(C(=O)c4ccccn4)C(C)C3)ncnc21. The second-order valence-electron chi connectivity index (χ2n) is 9.64. The Hall–Kier alpha value is -4.06. The maximum atomic E-state index is 13.1. The minimum absolute atomic E-state index is 0.00638. The van der Waals surface area contributed by atoms with E-state index in [1.54, 1.807) is 30.7 Å². The number of piperazine rings is 1. The van der Waals surface area contributed by atoms with Crippen molar-refractivity contribution in [1.82, 2.24) is 19.9 Å². The quantitative estimate of drug-likeness (QED) is 0.365. The Morgan fingerprint density at radius 2 is 2.06 bits per heavy atom. The molecule has 9 nitrogen and oxygen atoms in total. The fourth-order valence-electron chi connectivity index (χ4n) is 5.56. The molecule has 1 saturated heterocycles. The van der Waals surface area contributed by atoms with Gasteiger partial charge in [0, 0.05) is 49.4 Å². The van der Waals surface area contributed by atoms with Crippen LogP contribution in [0.15, 0.2) is 59.3 Å². The van der Waals surface area contributed by atoms with E-state index in [0.29, 0.717) is 36.7 Å². The second kappa shape index (κ2) is 9.53. The molecular formula is C27H30N8O. The first-order chi connectivity index (χ1) is 17.5. The van der Waals surface area contributed by atoms with Crippen molar-refractivity contribution in [2.45, 2.75) is 44.6 Å². The summed E-state index contributed by atoms with van der Waals surface area (Å²) in [5.74, 6) is 2.36. The lowest BCUT2D eigenvalue weighted by Gasteiger charge is -2.43. The fraction of sp³-hybridized carbons (Fsp3) is 0.407. The molecule has 1 atom stereocenters. The molecule has 4 heterocycles. The number of rotatable bonds is 5. The van der Waals surface area contributed by atoms with Crippen LogP contribution in [-0.2, 0) is 5.41 Å². The molecule has 184 valence electrons. The Morgan fingerprint density at radius 3 is 2.67 bits per heavy atom. The highest BCUT2D eigenvalue weighted by molar-refractivity contribution is 5.92. The smallest absolute Gasteiger partial charge is 0.272 e. The first-order valence-corrected chi connectivity index (χ1v) is 12.4. The van der Waals surface area contributed by atoms with Crippen LogP contribution in [-0.4, -0.2) is 64.7 Å². The van der Waals surface area contributed by atoms with Crippen molar-refractivity contribution in [2.24, 2.45) is 4.99 Å². The zero-order chi connectivity index (χ0) is 25.3. The number of carbonyl (C=O) groups is 1. The molecule has 1 saturated carbocycles. The number of fused-ring (bicyclic) bond motifs is 2. The summed E-state index contributed by atoms with van der Waals surface area (Å²) in [6.45, 7) is 10.4. The summed E-state index contributed by atoms with van der Waals surface area (Å²) in [6.07, 6.45) is 10.1. The van der Waals surface area contributed by atoms with Gasteiger partial charge in [-0.25, -0.2) is 15.0 Å². The maximum Gasteiger partial charge on any atom is 0.272 e. The Labute approximate surface area is 211 Å². The summed E-state index contributed by atoms with van der Waals surface area (Å²) >= 11 is 0. The van der Waals surface area contributed by atoms with Gasteiger partial charge in [0.1, 0.15) is 29.5 Å². The van der Waals surface area contributed by atoms with Crippen molar-refractivity contribution in [3.63, 3.8) is 0 Å². The van der Waals surface area contributed by atoms with E-state index in [1.165, 1.54) is 0 Å². The van der Waals surface area contributed by atoms with Crippen LogP contribution in [0.25, 0.3) is 0 Å². The summed E-state index contributed by atoms with van der Waals surface area (Å²) in [6, 6.07) is 7.62. The maximum absolute atomic E-state index is 13.1. The van der Waals surface area contributed by atoms with Gasteiger partial charge in [0.05, 0.1) is 11.6 Å². The fourth-order valence-corrected chi connectivity index (χ4v) is 5.56. The lowest BCUT2D eigenvalue weighted by atomic mass is 9.66. The number of nitriles is 1. The molecule has 2 aliphatic heterocycles. The Bertz CT molecular complexity index is 1270. The van der Waals surface area contributed by atoms with E-state index >= 15 is 0 Å². The van der Waals surface area contributed by atoms with Crippen LogP contribution in [0.2, 0.25) is 0 Å². The summed E-state index contributed by atoms with van der Waals surface area (Å²) in [5, 5.41) is 9.43. The summed E-state index contributed by atoms with van der Waals surface area (Å²) < 4.78 is 0. The van der Waals surface area contributed by atoms with Gasteiger partial charge in [-0.05, 0) is 51.6 Å². The van der Waals surface area contributed by atoms with Crippen LogP contribution in [0, 0.1) is 11.3 Å². The topological polar surface area (TPSA) is 102 Å². The number of hydrogen-bond donors (Lipinski definition) is 0. The third-order valence-electron chi connectivity index (χ3n) is 7.60. The van der Waals surface area contributed by atoms with E-state index in [4.69, 9.17) is 4.98 Å². The van der Waals surface area contributed by atoms with Crippen LogP contribution in [0.4, 0.5) is 11.6 Å². The highest BCUT2D eigenvalue weighted by Crippen LogP contribution is 2.55. The predicted molar refractivity (Wildman–Crippen MR) is 139 cm³/mol. The summed E-state index contributed by atoms with van der Waals surface area (Å²) in [7, 11) is 0. The van der Waals surface area contributed by atoms with Gasteiger partial charge >= 0.3 is 0 Å². The highest BCUT2D eigenvalue weighted by Gasteiger charge is 2.51. The van der Waals surface area contributed by atoms with E-state index in [9.17, 15) is 10.1 Å².